The summed E-state index contributed by atoms with van der Waals surface area (Å²) in [4.78, 5) is 12.1. The first kappa shape index (κ1) is 19.7. The lowest BCUT2D eigenvalue weighted by Crippen LogP contribution is -2.33. The molecule has 2 rings (SSSR count). The van der Waals surface area contributed by atoms with E-state index in [1.54, 1.807) is 16.8 Å². The van der Waals surface area contributed by atoms with Crippen molar-refractivity contribution in [2.45, 2.75) is 51.2 Å². The molecule has 6 nitrogen and oxygen atoms in total. The van der Waals surface area contributed by atoms with Crippen LogP contribution in [0.5, 0.6) is 0 Å². The van der Waals surface area contributed by atoms with E-state index in [2.05, 4.69) is 34.7 Å². The number of hydrogen-bond donors (Lipinski definition) is 1. The predicted octanol–water partition coefficient (Wildman–Crippen LogP) is 3.74. The van der Waals surface area contributed by atoms with Gasteiger partial charge >= 0.3 is 0 Å². The zero-order valence-corrected chi connectivity index (χ0v) is 16.3. The number of tetrazole rings is 1. The highest BCUT2D eigenvalue weighted by atomic mass is 35.5. The minimum Gasteiger partial charge on any atom is -0.353 e. The van der Waals surface area contributed by atoms with E-state index in [0.717, 1.165) is 18.5 Å². The minimum atomic E-state index is -0.00676. The van der Waals surface area contributed by atoms with Crippen LogP contribution >= 0.6 is 23.4 Å². The Morgan fingerprint density at radius 2 is 1.96 bits per heavy atom. The molecule has 1 heterocycles. The van der Waals surface area contributed by atoms with E-state index in [-0.39, 0.29) is 17.7 Å². The van der Waals surface area contributed by atoms with E-state index in [9.17, 15) is 4.79 Å². The second-order valence-electron chi connectivity index (χ2n) is 6.43. The van der Waals surface area contributed by atoms with Crippen molar-refractivity contribution in [2.24, 2.45) is 5.92 Å². The molecule has 1 amide bonds. The SMILES string of the molecule is CC(C)CCC[C@H](C)NC(=O)CSc1nnnn1-c1ccc(Cl)cc1. The highest BCUT2D eigenvalue weighted by Gasteiger charge is 2.13. The van der Waals surface area contributed by atoms with Crippen LogP contribution in [0.2, 0.25) is 5.02 Å². The first-order valence-electron chi connectivity index (χ1n) is 8.42. The van der Waals surface area contributed by atoms with Crippen LogP contribution in [0.25, 0.3) is 5.69 Å². The third kappa shape index (κ3) is 6.66. The van der Waals surface area contributed by atoms with Gasteiger partial charge in [0.1, 0.15) is 0 Å². The van der Waals surface area contributed by atoms with Crippen molar-refractivity contribution in [1.29, 1.82) is 0 Å². The maximum absolute atomic E-state index is 12.1. The average molecular weight is 382 g/mol. The van der Waals surface area contributed by atoms with Gasteiger partial charge in [-0.1, -0.05) is 50.1 Å². The fourth-order valence-electron chi connectivity index (χ4n) is 2.36. The van der Waals surface area contributed by atoms with Crippen LogP contribution in [0, 0.1) is 5.92 Å². The number of carbonyl (C=O) groups excluding carboxylic acids is 1. The van der Waals surface area contributed by atoms with Gasteiger partial charge in [0.2, 0.25) is 11.1 Å². The highest BCUT2D eigenvalue weighted by molar-refractivity contribution is 7.99. The van der Waals surface area contributed by atoms with Crippen LogP contribution in [-0.4, -0.2) is 37.9 Å². The Morgan fingerprint density at radius 1 is 1.24 bits per heavy atom. The number of aromatic nitrogens is 4. The Labute approximate surface area is 157 Å². The van der Waals surface area contributed by atoms with Gasteiger partial charge in [-0.25, -0.2) is 0 Å². The van der Waals surface area contributed by atoms with Crippen molar-refractivity contribution in [3.63, 3.8) is 0 Å². The molecule has 1 aromatic heterocycles. The molecule has 0 fully saturated rings. The lowest BCUT2D eigenvalue weighted by molar-refractivity contribution is -0.119. The number of nitrogens with one attached hydrogen (secondary N) is 1. The zero-order chi connectivity index (χ0) is 18.2. The van der Waals surface area contributed by atoms with Gasteiger partial charge in [-0.15, -0.1) is 5.10 Å². The third-order valence-corrected chi connectivity index (χ3v) is 4.84. The number of hydrogen-bond acceptors (Lipinski definition) is 5. The van der Waals surface area contributed by atoms with E-state index in [4.69, 9.17) is 11.6 Å². The monoisotopic (exact) mass is 381 g/mol. The first-order chi connectivity index (χ1) is 12.0. The van der Waals surface area contributed by atoms with E-state index >= 15 is 0 Å². The van der Waals surface area contributed by atoms with Gasteiger partial charge in [0.15, 0.2) is 0 Å². The molecule has 0 saturated carbocycles. The van der Waals surface area contributed by atoms with Gasteiger partial charge < -0.3 is 5.32 Å². The summed E-state index contributed by atoms with van der Waals surface area (Å²) in [5.41, 5.74) is 0.805. The second kappa shape index (κ2) is 9.77. The van der Waals surface area contributed by atoms with Crippen LogP contribution in [0.15, 0.2) is 29.4 Å². The summed E-state index contributed by atoms with van der Waals surface area (Å²) in [5, 5.41) is 15.9. The topological polar surface area (TPSA) is 72.7 Å². The summed E-state index contributed by atoms with van der Waals surface area (Å²) in [7, 11) is 0. The molecule has 0 aliphatic carbocycles. The average Bonchev–Trinajstić information content (AvgIpc) is 3.01. The molecule has 0 aliphatic rings. The minimum absolute atomic E-state index is 0.00676. The van der Waals surface area contributed by atoms with Crippen LogP contribution in [0.3, 0.4) is 0 Å². The van der Waals surface area contributed by atoms with Crippen molar-refractivity contribution in [2.75, 3.05) is 5.75 Å². The molecule has 2 aromatic rings. The molecule has 0 saturated heterocycles. The van der Waals surface area contributed by atoms with Crippen LogP contribution in [0.1, 0.15) is 40.0 Å². The standard InChI is InChI=1S/C17H24ClN5OS/c1-12(2)5-4-6-13(3)19-16(24)11-25-17-20-21-22-23(17)15-9-7-14(18)8-10-15/h7-10,12-13H,4-6,11H2,1-3H3,(H,19,24)/t13-/m0/s1. The lowest BCUT2D eigenvalue weighted by Gasteiger charge is -2.14. The van der Waals surface area contributed by atoms with Crippen molar-refractivity contribution in [3.8, 4) is 5.69 Å². The van der Waals surface area contributed by atoms with Crippen LogP contribution in [-0.2, 0) is 4.79 Å². The molecule has 1 atom stereocenters. The molecular weight excluding hydrogens is 358 g/mol. The summed E-state index contributed by atoms with van der Waals surface area (Å²) in [5.74, 6) is 0.973. The van der Waals surface area contributed by atoms with E-state index in [0.29, 0.717) is 16.1 Å². The molecule has 1 aromatic carbocycles. The lowest BCUT2D eigenvalue weighted by atomic mass is 10.0. The van der Waals surface area contributed by atoms with E-state index in [1.807, 2.05) is 19.1 Å². The molecule has 0 radical (unpaired) electrons. The summed E-state index contributed by atoms with van der Waals surface area (Å²) < 4.78 is 1.60. The third-order valence-electron chi connectivity index (χ3n) is 3.67. The van der Waals surface area contributed by atoms with E-state index in [1.165, 1.54) is 18.2 Å². The summed E-state index contributed by atoms with van der Waals surface area (Å²) >= 11 is 7.21. The van der Waals surface area contributed by atoms with Crippen LogP contribution in [0.4, 0.5) is 0 Å². The summed E-state index contributed by atoms with van der Waals surface area (Å²) in [6, 6.07) is 7.40. The maximum atomic E-state index is 12.1. The van der Waals surface area contributed by atoms with Gasteiger partial charge in [0.25, 0.3) is 0 Å². The molecule has 0 spiro atoms. The van der Waals surface area contributed by atoms with Crippen molar-refractivity contribution >= 4 is 29.3 Å². The Bertz CT molecular complexity index is 674. The van der Waals surface area contributed by atoms with Crippen molar-refractivity contribution in [3.05, 3.63) is 29.3 Å². The number of amides is 1. The number of nitrogens with zero attached hydrogens (tertiary/aromatic N) is 4. The van der Waals surface area contributed by atoms with Gasteiger partial charge in [-0.3, -0.25) is 4.79 Å². The Hall–Kier alpha value is -1.60. The molecular formula is C17H24ClN5OS. The Morgan fingerprint density at radius 3 is 2.64 bits per heavy atom. The number of benzene rings is 1. The first-order valence-corrected chi connectivity index (χ1v) is 9.78. The normalized spacial score (nSPS) is 12.4. The smallest absolute Gasteiger partial charge is 0.230 e. The molecule has 0 aliphatic heterocycles. The van der Waals surface area contributed by atoms with Crippen molar-refractivity contribution < 1.29 is 4.79 Å². The summed E-state index contributed by atoms with van der Waals surface area (Å²) in [6.45, 7) is 6.47. The molecule has 1 N–H and O–H groups in total. The number of halogens is 1. The molecule has 8 heteroatoms. The highest BCUT2D eigenvalue weighted by Crippen LogP contribution is 2.19. The largest absolute Gasteiger partial charge is 0.353 e. The molecule has 0 bridgehead atoms. The van der Waals surface area contributed by atoms with Gasteiger partial charge in [-0.05, 0) is 54.0 Å². The van der Waals surface area contributed by atoms with Crippen molar-refractivity contribution in [1.82, 2.24) is 25.5 Å². The Balaban J connectivity index is 1.82. The number of rotatable bonds is 9. The number of carbonyl (C=O) groups is 1. The fraction of sp³-hybridized carbons (Fsp3) is 0.529. The maximum Gasteiger partial charge on any atom is 0.230 e. The molecule has 0 unspecified atom stereocenters. The van der Waals surface area contributed by atoms with Gasteiger partial charge in [0.05, 0.1) is 11.4 Å². The number of thioether (sulfide) groups is 1. The quantitative estimate of drug-likeness (QED) is 0.670. The fourth-order valence-corrected chi connectivity index (χ4v) is 3.19. The van der Waals surface area contributed by atoms with Gasteiger partial charge in [0, 0.05) is 11.1 Å². The van der Waals surface area contributed by atoms with Crippen LogP contribution < -0.4 is 5.32 Å². The summed E-state index contributed by atoms with van der Waals surface area (Å²) in [6.07, 6.45) is 3.31. The Kier molecular flexibility index (Phi) is 7.71. The van der Waals surface area contributed by atoms with Gasteiger partial charge in [-0.2, -0.15) is 4.68 Å². The second-order valence-corrected chi connectivity index (χ2v) is 7.81. The molecule has 25 heavy (non-hydrogen) atoms. The zero-order valence-electron chi connectivity index (χ0n) is 14.8. The molecule has 136 valence electrons. The van der Waals surface area contributed by atoms with E-state index < -0.39 is 0 Å². The predicted molar refractivity (Wildman–Crippen MR) is 101 cm³/mol.